The fourth-order valence-corrected chi connectivity index (χ4v) is 4.36. The van der Waals surface area contributed by atoms with E-state index in [0.717, 1.165) is 15.0 Å². The van der Waals surface area contributed by atoms with Crippen molar-refractivity contribution in [1.82, 2.24) is 4.98 Å². The van der Waals surface area contributed by atoms with E-state index in [1.807, 2.05) is 12.3 Å². The standard InChI is InChI=1S/C22H20N.C9H7.C2H6Si.2ClH.Zr/c1-2-3-7-16-12-17-9-6-10-20(21(17)13-16)19-14-18-8-4-5-11-22(18)23-15-19;1-2-5-9-7-3-6-8(9)4-1;1-3-2;;;/h4-6,8-15H,2-3,7H2,1H3;1-7H;1-2H3;2*1H;/q2*-1;;;;+4/p-2. The van der Waals surface area contributed by atoms with E-state index in [-0.39, 0.29) is 0 Å². The van der Waals surface area contributed by atoms with Crippen molar-refractivity contribution in [1.29, 1.82) is 0 Å². The van der Waals surface area contributed by atoms with Gasteiger partial charge in [0.25, 0.3) is 0 Å². The van der Waals surface area contributed by atoms with Crippen LogP contribution in [0.5, 0.6) is 0 Å². The summed E-state index contributed by atoms with van der Waals surface area (Å²) < 4.78 is 0. The molecule has 1 aromatic heterocycles. The molecule has 0 atom stereocenters. The first kappa shape index (κ1) is 30.5. The van der Waals surface area contributed by atoms with Crippen molar-refractivity contribution in [3.8, 4) is 11.1 Å². The van der Waals surface area contributed by atoms with Gasteiger partial charge in [-0.25, -0.2) is 0 Å². The molecule has 6 rings (SSSR count). The Bertz CT molecular complexity index is 1490. The number of aryl methyl sites for hydroxylation is 1. The third kappa shape index (κ3) is 8.75. The van der Waals surface area contributed by atoms with Crippen LogP contribution in [-0.2, 0) is 27.3 Å². The largest absolute Gasteiger partial charge is 0.168 e. The molecule has 0 N–H and O–H groups in total. The van der Waals surface area contributed by atoms with Gasteiger partial charge in [-0.2, -0.15) is 23.6 Å². The normalized spacial score (nSPS) is 10.0. The average Bonchev–Trinajstić information content (AvgIpc) is 3.60. The molecular weight excluding hydrogens is 601 g/mol. The minimum atomic E-state index is -0.826. The summed E-state index contributed by atoms with van der Waals surface area (Å²) in [6.45, 7) is 6.55. The Morgan fingerprint density at radius 3 is 2.26 bits per heavy atom. The number of aromatic nitrogens is 1. The van der Waals surface area contributed by atoms with Crippen LogP contribution in [0.3, 0.4) is 0 Å². The number of pyridine rings is 1. The molecule has 0 saturated heterocycles. The fourth-order valence-electron chi connectivity index (χ4n) is 4.36. The van der Waals surface area contributed by atoms with E-state index in [0.29, 0.717) is 0 Å². The van der Waals surface area contributed by atoms with E-state index < -0.39 is 20.8 Å². The molecule has 0 aliphatic heterocycles. The molecule has 1 heterocycles. The van der Waals surface area contributed by atoms with Gasteiger partial charge in [0.2, 0.25) is 0 Å². The molecule has 0 saturated carbocycles. The molecule has 5 aromatic carbocycles. The molecule has 0 bridgehead atoms. The van der Waals surface area contributed by atoms with Crippen LogP contribution in [0, 0.1) is 0 Å². The maximum absolute atomic E-state index is 4.93. The number of hydrogen-bond donors (Lipinski definition) is 0. The zero-order valence-corrected chi connectivity index (χ0v) is 27.2. The van der Waals surface area contributed by atoms with Crippen LogP contribution in [0.1, 0.15) is 25.3 Å². The number of halogens is 2. The first-order valence-corrected chi connectivity index (χ1v) is 21.2. The molecule has 0 aliphatic carbocycles. The van der Waals surface area contributed by atoms with E-state index in [4.69, 9.17) is 17.0 Å². The molecule has 2 radical (unpaired) electrons. The Morgan fingerprint density at radius 1 is 0.842 bits per heavy atom. The third-order valence-electron chi connectivity index (χ3n) is 6.08. The number of nitrogens with zero attached hydrogens (tertiary/aromatic N) is 1. The minimum Gasteiger partial charge on any atom is -0.168 e. The van der Waals surface area contributed by atoms with Crippen molar-refractivity contribution in [3.63, 3.8) is 0 Å². The van der Waals surface area contributed by atoms with Crippen molar-refractivity contribution in [2.75, 3.05) is 0 Å². The summed E-state index contributed by atoms with van der Waals surface area (Å²) in [5.74, 6) is 0. The van der Waals surface area contributed by atoms with Gasteiger partial charge in [0.15, 0.2) is 0 Å². The van der Waals surface area contributed by atoms with Crippen molar-refractivity contribution in [3.05, 3.63) is 115 Å². The number of fused-ring (bicyclic) bond motifs is 3. The van der Waals surface area contributed by atoms with Crippen LogP contribution in [0.2, 0.25) is 13.1 Å². The Kier molecular flexibility index (Phi) is 13.5. The summed E-state index contributed by atoms with van der Waals surface area (Å²) in [5.41, 5.74) is 4.98. The fraction of sp³-hybridized carbons (Fsp3) is 0.182. The first-order valence-electron chi connectivity index (χ1n) is 12.8. The summed E-state index contributed by atoms with van der Waals surface area (Å²) in [5, 5.41) is 6.53. The predicted molar refractivity (Wildman–Crippen MR) is 168 cm³/mol. The van der Waals surface area contributed by atoms with Crippen LogP contribution in [0.25, 0.3) is 43.6 Å². The molecule has 0 aliphatic rings. The van der Waals surface area contributed by atoms with Gasteiger partial charge >= 0.3 is 37.9 Å². The van der Waals surface area contributed by atoms with Crippen LogP contribution < -0.4 is 0 Å². The Morgan fingerprint density at radius 2 is 1.53 bits per heavy atom. The second-order valence-electron chi connectivity index (χ2n) is 8.92. The molecule has 0 amide bonds. The van der Waals surface area contributed by atoms with Crippen LogP contribution in [0.15, 0.2) is 109 Å². The molecule has 0 unspecified atom stereocenters. The number of para-hydroxylation sites is 1. The molecule has 0 fully saturated rings. The van der Waals surface area contributed by atoms with E-state index in [1.54, 1.807) is 0 Å². The average molecular weight is 634 g/mol. The smallest absolute Gasteiger partial charge is 0.0809 e. The zero-order valence-electron chi connectivity index (χ0n) is 22.2. The topological polar surface area (TPSA) is 12.9 Å². The Balaban J connectivity index is 0.000000219. The predicted octanol–water partition coefficient (Wildman–Crippen LogP) is 10.8. The molecule has 1 nitrogen and oxygen atoms in total. The molecule has 5 heteroatoms. The van der Waals surface area contributed by atoms with Gasteiger partial charge in [0.1, 0.15) is 0 Å². The number of rotatable bonds is 4. The molecule has 192 valence electrons. The third-order valence-corrected chi connectivity index (χ3v) is 6.08. The van der Waals surface area contributed by atoms with Crippen LogP contribution in [0.4, 0.5) is 0 Å². The van der Waals surface area contributed by atoms with E-state index in [9.17, 15) is 0 Å². The quantitative estimate of drug-likeness (QED) is 0.139. The van der Waals surface area contributed by atoms with Gasteiger partial charge in [-0.1, -0.05) is 68.8 Å². The van der Waals surface area contributed by atoms with E-state index in [1.165, 1.54) is 62.9 Å². The summed E-state index contributed by atoms with van der Waals surface area (Å²) in [4.78, 5) is 4.62. The van der Waals surface area contributed by atoms with Crippen molar-refractivity contribution in [2.24, 2.45) is 0 Å². The Labute approximate surface area is 248 Å². The molecule has 6 aromatic rings. The summed E-state index contributed by atoms with van der Waals surface area (Å²) in [7, 11) is 11.0. The van der Waals surface area contributed by atoms with Gasteiger partial charge in [-0.15, -0.1) is 64.2 Å². The van der Waals surface area contributed by atoms with Gasteiger partial charge < -0.3 is 0 Å². The maximum atomic E-state index is 4.93. The molecule has 38 heavy (non-hydrogen) atoms. The zero-order chi connectivity index (χ0) is 27.2. The van der Waals surface area contributed by atoms with Gasteiger partial charge in [0.05, 0.1) is 5.52 Å². The number of unbranched alkanes of at least 4 members (excludes halogenated alkanes) is 1. The molecular formula is C33H33Cl2NSiZr. The summed E-state index contributed by atoms with van der Waals surface area (Å²) in [6, 6.07) is 36.5. The van der Waals surface area contributed by atoms with Crippen LogP contribution in [-0.4, -0.2) is 14.5 Å². The summed E-state index contributed by atoms with van der Waals surface area (Å²) in [6.07, 6.45) is 5.66. The van der Waals surface area contributed by atoms with Crippen molar-refractivity contribution < 1.29 is 20.8 Å². The second kappa shape index (κ2) is 16.8. The van der Waals surface area contributed by atoms with Crippen LogP contribution >= 0.6 is 17.0 Å². The summed E-state index contributed by atoms with van der Waals surface area (Å²) >= 11 is -0.826. The monoisotopic (exact) mass is 631 g/mol. The number of benzene rings is 3. The van der Waals surface area contributed by atoms with Crippen molar-refractivity contribution in [2.45, 2.75) is 39.3 Å². The van der Waals surface area contributed by atoms with Crippen molar-refractivity contribution >= 4 is 59.0 Å². The maximum Gasteiger partial charge on any atom is -0.0809 e. The minimum absolute atomic E-state index is 0.826. The Hall–Kier alpha value is -2.03. The number of hydrogen-bond acceptors (Lipinski definition) is 1. The van der Waals surface area contributed by atoms with Gasteiger partial charge in [-0.05, 0) is 24.1 Å². The second-order valence-corrected chi connectivity index (χ2v) is 13.7. The van der Waals surface area contributed by atoms with E-state index >= 15 is 0 Å². The van der Waals surface area contributed by atoms with E-state index in [2.05, 4.69) is 122 Å². The molecule has 0 spiro atoms. The van der Waals surface area contributed by atoms with Gasteiger partial charge in [0, 0.05) is 21.1 Å². The van der Waals surface area contributed by atoms with Gasteiger partial charge in [-0.3, -0.25) is 4.98 Å². The first-order chi connectivity index (χ1) is 18.6. The SMILES string of the molecule is CCCCc1cc2c(-c3cnc4ccccc4c3)cccc2[cH-]1.C[Si]C.[Cl][Zr+2][Cl].c1ccc2[cH-]ccc2c1.